The molecule has 1 heterocycles. The molecule has 5 heteroatoms. The summed E-state index contributed by atoms with van der Waals surface area (Å²) in [4.78, 5) is 12.4. The molecule has 0 aromatic carbocycles. The van der Waals surface area contributed by atoms with Gasteiger partial charge >= 0.3 is 0 Å². The van der Waals surface area contributed by atoms with Crippen molar-refractivity contribution in [2.24, 2.45) is 5.41 Å². The second-order valence-corrected chi connectivity index (χ2v) is 6.66. The van der Waals surface area contributed by atoms with Gasteiger partial charge in [-0.2, -0.15) is 5.10 Å². The van der Waals surface area contributed by atoms with Gasteiger partial charge in [-0.1, -0.05) is 27.7 Å². The van der Waals surface area contributed by atoms with E-state index in [1.54, 1.807) is 6.92 Å². The minimum Gasteiger partial charge on any atom is -0.393 e. The number of aromatic nitrogens is 2. The first-order valence-electron chi connectivity index (χ1n) is 7.15. The van der Waals surface area contributed by atoms with Gasteiger partial charge in [-0.05, 0) is 31.6 Å². The number of carbonyl (C=O) groups is 1. The topological polar surface area (TPSA) is 78.0 Å². The SMILES string of the molecule is Cc1[nH]nc(C(C)C)c1C(=O)NCC(C)(C)CC(C)O. The third-order valence-electron chi connectivity index (χ3n) is 3.32. The lowest BCUT2D eigenvalue weighted by Gasteiger charge is -2.26. The molecular formula is C15H27N3O2. The lowest BCUT2D eigenvalue weighted by molar-refractivity contribution is 0.0900. The van der Waals surface area contributed by atoms with E-state index < -0.39 is 0 Å². The molecule has 0 aliphatic heterocycles. The summed E-state index contributed by atoms with van der Waals surface area (Å²) in [6.45, 7) is 12.2. The maximum atomic E-state index is 12.4. The highest BCUT2D eigenvalue weighted by atomic mass is 16.3. The Bertz CT molecular complexity index is 462. The van der Waals surface area contributed by atoms with E-state index in [-0.39, 0.29) is 23.3 Å². The summed E-state index contributed by atoms with van der Waals surface area (Å²) in [6.07, 6.45) is 0.276. The minimum absolute atomic E-state index is 0.0985. The van der Waals surface area contributed by atoms with Crippen LogP contribution in [0.3, 0.4) is 0 Å². The second kappa shape index (κ2) is 6.39. The van der Waals surface area contributed by atoms with E-state index in [4.69, 9.17) is 0 Å². The van der Waals surface area contributed by atoms with Crippen molar-refractivity contribution in [2.75, 3.05) is 6.54 Å². The van der Waals surface area contributed by atoms with Gasteiger partial charge in [-0.25, -0.2) is 0 Å². The van der Waals surface area contributed by atoms with E-state index in [1.807, 2.05) is 34.6 Å². The number of nitrogens with one attached hydrogen (secondary N) is 2. The van der Waals surface area contributed by atoms with Crippen LogP contribution < -0.4 is 5.32 Å². The quantitative estimate of drug-likeness (QED) is 0.749. The summed E-state index contributed by atoms with van der Waals surface area (Å²) >= 11 is 0. The van der Waals surface area contributed by atoms with Crippen LogP contribution in [0.15, 0.2) is 0 Å². The lowest BCUT2D eigenvalue weighted by Crippen LogP contribution is -2.36. The Morgan fingerprint density at radius 3 is 2.50 bits per heavy atom. The van der Waals surface area contributed by atoms with Crippen LogP contribution in [0.2, 0.25) is 0 Å². The van der Waals surface area contributed by atoms with Crippen molar-refractivity contribution in [3.8, 4) is 0 Å². The van der Waals surface area contributed by atoms with Gasteiger partial charge in [0.25, 0.3) is 5.91 Å². The van der Waals surface area contributed by atoms with Crippen molar-refractivity contribution in [3.05, 3.63) is 17.0 Å². The van der Waals surface area contributed by atoms with Crippen LogP contribution in [-0.4, -0.2) is 33.9 Å². The molecule has 1 rings (SSSR count). The van der Waals surface area contributed by atoms with Crippen LogP contribution in [0.1, 0.15) is 68.7 Å². The van der Waals surface area contributed by atoms with Gasteiger partial charge in [-0.3, -0.25) is 9.89 Å². The zero-order valence-electron chi connectivity index (χ0n) is 13.4. The molecule has 0 saturated heterocycles. The van der Waals surface area contributed by atoms with Gasteiger partial charge < -0.3 is 10.4 Å². The number of nitrogens with zero attached hydrogens (tertiary/aromatic N) is 1. The highest BCUT2D eigenvalue weighted by Crippen LogP contribution is 2.23. The number of rotatable bonds is 6. The maximum absolute atomic E-state index is 12.4. The molecule has 0 saturated carbocycles. The molecular weight excluding hydrogens is 254 g/mol. The summed E-state index contributed by atoms with van der Waals surface area (Å²) < 4.78 is 0. The van der Waals surface area contributed by atoms with Gasteiger partial charge in [0, 0.05) is 12.2 Å². The molecule has 1 amide bonds. The van der Waals surface area contributed by atoms with Crippen molar-refractivity contribution >= 4 is 5.91 Å². The Morgan fingerprint density at radius 1 is 1.40 bits per heavy atom. The molecule has 0 spiro atoms. The highest BCUT2D eigenvalue weighted by molar-refractivity contribution is 5.96. The van der Waals surface area contributed by atoms with E-state index in [0.717, 1.165) is 11.4 Å². The maximum Gasteiger partial charge on any atom is 0.255 e. The summed E-state index contributed by atoms with van der Waals surface area (Å²) in [5, 5.41) is 19.5. The first-order valence-corrected chi connectivity index (χ1v) is 7.15. The fraction of sp³-hybridized carbons (Fsp3) is 0.733. The molecule has 0 aliphatic carbocycles. The summed E-state index contributed by atoms with van der Waals surface area (Å²) in [7, 11) is 0. The van der Waals surface area contributed by atoms with Crippen molar-refractivity contribution < 1.29 is 9.90 Å². The molecule has 1 unspecified atom stereocenters. The monoisotopic (exact) mass is 281 g/mol. The molecule has 0 radical (unpaired) electrons. The van der Waals surface area contributed by atoms with Crippen LogP contribution in [0, 0.1) is 12.3 Å². The fourth-order valence-corrected chi connectivity index (χ4v) is 2.43. The third-order valence-corrected chi connectivity index (χ3v) is 3.32. The largest absolute Gasteiger partial charge is 0.393 e. The van der Waals surface area contributed by atoms with Crippen molar-refractivity contribution in [1.29, 1.82) is 0 Å². The molecule has 0 fully saturated rings. The van der Waals surface area contributed by atoms with E-state index >= 15 is 0 Å². The molecule has 5 nitrogen and oxygen atoms in total. The van der Waals surface area contributed by atoms with Gasteiger partial charge in [0.05, 0.1) is 17.4 Å². The van der Waals surface area contributed by atoms with Gasteiger partial charge in [0.15, 0.2) is 0 Å². The van der Waals surface area contributed by atoms with Crippen LogP contribution in [0.5, 0.6) is 0 Å². The average Bonchev–Trinajstić information content (AvgIpc) is 2.66. The molecule has 1 aromatic rings. The third kappa shape index (κ3) is 4.34. The number of aliphatic hydroxyl groups is 1. The zero-order valence-corrected chi connectivity index (χ0v) is 13.4. The Balaban J connectivity index is 2.75. The summed E-state index contributed by atoms with van der Waals surface area (Å²) in [5.41, 5.74) is 2.10. The number of aromatic amines is 1. The Hall–Kier alpha value is -1.36. The van der Waals surface area contributed by atoms with Crippen LogP contribution in [0.25, 0.3) is 0 Å². The number of hydrogen-bond donors (Lipinski definition) is 3. The number of H-pyrrole nitrogens is 1. The van der Waals surface area contributed by atoms with Crippen molar-refractivity contribution in [1.82, 2.24) is 15.5 Å². The number of amides is 1. The number of aliphatic hydroxyl groups excluding tert-OH is 1. The Labute approximate surface area is 121 Å². The van der Waals surface area contributed by atoms with Gasteiger partial charge in [-0.15, -0.1) is 0 Å². The molecule has 0 bridgehead atoms. The number of hydrogen-bond acceptors (Lipinski definition) is 3. The summed E-state index contributed by atoms with van der Waals surface area (Å²) in [5.74, 6) is 0.102. The van der Waals surface area contributed by atoms with Crippen molar-refractivity contribution in [3.63, 3.8) is 0 Å². The predicted octanol–water partition coefficient (Wildman–Crippen LogP) is 2.37. The van der Waals surface area contributed by atoms with Crippen LogP contribution in [0.4, 0.5) is 0 Å². The van der Waals surface area contributed by atoms with Crippen LogP contribution >= 0.6 is 0 Å². The molecule has 20 heavy (non-hydrogen) atoms. The van der Waals surface area contributed by atoms with Crippen molar-refractivity contribution in [2.45, 2.75) is 60.0 Å². The van der Waals surface area contributed by atoms with E-state index in [9.17, 15) is 9.90 Å². The molecule has 114 valence electrons. The average molecular weight is 281 g/mol. The van der Waals surface area contributed by atoms with E-state index in [2.05, 4.69) is 15.5 Å². The minimum atomic E-state index is -0.371. The van der Waals surface area contributed by atoms with Gasteiger partial charge in [0.2, 0.25) is 0 Å². The molecule has 0 aliphatic rings. The van der Waals surface area contributed by atoms with E-state index in [0.29, 0.717) is 18.5 Å². The first-order chi connectivity index (χ1) is 9.14. The van der Waals surface area contributed by atoms with E-state index in [1.165, 1.54) is 0 Å². The fourth-order valence-electron chi connectivity index (χ4n) is 2.43. The normalized spacial score (nSPS) is 13.6. The molecule has 3 N–H and O–H groups in total. The first kappa shape index (κ1) is 16.7. The van der Waals surface area contributed by atoms with Crippen LogP contribution in [-0.2, 0) is 0 Å². The number of carbonyl (C=O) groups excluding carboxylic acids is 1. The second-order valence-electron chi connectivity index (χ2n) is 6.66. The van der Waals surface area contributed by atoms with Gasteiger partial charge in [0.1, 0.15) is 0 Å². The highest BCUT2D eigenvalue weighted by Gasteiger charge is 2.24. The summed E-state index contributed by atoms with van der Waals surface area (Å²) in [6, 6.07) is 0. The zero-order chi connectivity index (χ0) is 15.5. The Kier molecular flexibility index (Phi) is 5.34. The molecule has 1 aromatic heterocycles. The standard InChI is InChI=1S/C15H27N3O2/c1-9(2)13-12(11(4)17-18-13)14(20)16-8-15(5,6)7-10(3)19/h9-10,19H,7-8H2,1-6H3,(H,16,20)(H,17,18). The molecule has 1 atom stereocenters. The smallest absolute Gasteiger partial charge is 0.255 e. The Morgan fingerprint density at radius 2 is 2.00 bits per heavy atom. The predicted molar refractivity (Wildman–Crippen MR) is 79.8 cm³/mol. The lowest BCUT2D eigenvalue weighted by atomic mass is 9.87. The number of aryl methyl sites for hydroxylation is 1.